The molecular formula is C8H21O4PSi. The molecule has 0 aromatic rings. The molecule has 4 nitrogen and oxygen atoms in total. The molecule has 0 N–H and O–H groups in total. The van der Waals surface area contributed by atoms with Crippen LogP contribution in [0.2, 0.25) is 0 Å². The zero-order chi connectivity index (χ0) is 11.2. The summed E-state index contributed by atoms with van der Waals surface area (Å²) < 4.78 is 28.0. The van der Waals surface area contributed by atoms with E-state index >= 15 is 0 Å². The Morgan fingerprint density at radius 3 is 1.57 bits per heavy atom. The van der Waals surface area contributed by atoms with E-state index in [2.05, 4.69) is 0 Å². The number of rotatable bonds is 7. The molecule has 0 heterocycles. The maximum absolute atomic E-state index is 12.2. The molecular weight excluding hydrogens is 219 g/mol. The van der Waals surface area contributed by atoms with Crippen LogP contribution in [0.25, 0.3) is 0 Å². The Kier molecular flexibility index (Phi) is 6.17. The van der Waals surface area contributed by atoms with Crippen LogP contribution in [-0.2, 0) is 17.8 Å². The van der Waals surface area contributed by atoms with E-state index < -0.39 is 15.9 Å². The fourth-order valence-electron chi connectivity index (χ4n) is 1.24. The van der Waals surface area contributed by atoms with E-state index in [1.807, 2.05) is 13.8 Å². The molecule has 0 aliphatic heterocycles. The van der Waals surface area contributed by atoms with Crippen LogP contribution in [0.5, 0.6) is 0 Å². The second kappa shape index (κ2) is 6.03. The molecule has 0 saturated heterocycles. The van der Waals surface area contributed by atoms with Crippen molar-refractivity contribution >= 4 is 15.9 Å². The molecule has 86 valence electrons. The van der Waals surface area contributed by atoms with Crippen LogP contribution in [0.3, 0.4) is 0 Å². The predicted molar refractivity (Wildman–Crippen MR) is 60.3 cm³/mol. The maximum Gasteiger partial charge on any atom is 0.507 e. The summed E-state index contributed by atoms with van der Waals surface area (Å²) in [6, 6.07) is 0. The summed E-state index contributed by atoms with van der Waals surface area (Å²) in [4.78, 5) is 0. The van der Waals surface area contributed by atoms with Gasteiger partial charge in [-0.1, -0.05) is 13.8 Å². The molecule has 0 fully saturated rings. The summed E-state index contributed by atoms with van der Waals surface area (Å²) in [6.07, 6.45) is 1.35. The molecule has 0 rings (SSSR count). The first-order chi connectivity index (χ1) is 6.51. The van der Waals surface area contributed by atoms with Crippen molar-refractivity contribution < 1.29 is 17.8 Å². The lowest BCUT2D eigenvalue weighted by Gasteiger charge is -2.27. The Bertz CT molecular complexity index is 189. The van der Waals surface area contributed by atoms with E-state index in [1.54, 1.807) is 21.3 Å². The molecule has 0 aromatic carbocycles. The molecule has 0 amide bonds. The van der Waals surface area contributed by atoms with Crippen molar-refractivity contribution in [3.63, 3.8) is 0 Å². The average molecular weight is 240 g/mol. The zero-order valence-corrected chi connectivity index (χ0v) is 11.6. The van der Waals surface area contributed by atoms with Gasteiger partial charge in [0, 0.05) is 21.3 Å². The minimum atomic E-state index is -2.66. The van der Waals surface area contributed by atoms with Gasteiger partial charge in [0.2, 0.25) is 0 Å². The largest absolute Gasteiger partial charge is 0.507 e. The van der Waals surface area contributed by atoms with Crippen molar-refractivity contribution in [2.75, 3.05) is 39.4 Å². The van der Waals surface area contributed by atoms with Gasteiger partial charge >= 0.3 is 8.80 Å². The van der Waals surface area contributed by atoms with Gasteiger partial charge in [-0.2, -0.15) is 0 Å². The normalized spacial score (nSPS) is 13.2. The minimum absolute atomic E-state index is 0.441. The molecule has 6 heteroatoms. The smallest absolute Gasteiger partial charge is 0.377 e. The SMILES string of the molecule is CCP(=O)(CC)C[Si](OC)(OC)OC. The highest BCUT2D eigenvalue weighted by atomic mass is 31.2. The summed E-state index contributed by atoms with van der Waals surface area (Å²) >= 11 is 0. The molecule has 0 aliphatic rings. The predicted octanol–water partition coefficient (Wildman–Crippen LogP) is 1.81. The first-order valence-corrected chi connectivity index (χ1v) is 8.93. The molecule has 0 aromatic heterocycles. The monoisotopic (exact) mass is 240 g/mol. The lowest BCUT2D eigenvalue weighted by Crippen LogP contribution is -2.47. The molecule has 0 unspecified atom stereocenters. The molecule has 0 aliphatic carbocycles. The quantitative estimate of drug-likeness (QED) is 0.503. The second-order valence-corrected chi connectivity index (χ2v) is 10.4. The van der Waals surface area contributed by atoms with Crippen LogP contribution < -0.4 is 0 Å². The average Bonchev–Trinajstić information content (AvgIpc) is 2.26. The standard InChI is InChI=1S/C8H21O4PSi/c1-6-13(9,7-2)8-14(10-3,11-4)12-5/h6-8H2,1-5H3. The summed E-state index contributed by atoms with van der Waals surface area (Å²) in [5.74, 6) is 0.441. The van der Waals surface area contributed by atoms with Crippen molar-refractivity contribution in [2.45, 2.75) is 13.8 Å². The van der Waals surface area contributed by atoms with Gasteiger partial charge in [-0.05, 0) is 12.3 Å². The van der Waals surface area contributed by atoms with Gasteiger partial charge in [0.1, 0.15) is 0 Å². The van der Waals surface area contributed by atoms with E-state index in [9.17, 15) is 4.57 Å². The molecule has 0 radical (unpaired) electrons. The molecule has 14 heavy (non-hydrogen) atoms. The number of hydrogen-bond acceptors (Lipinski definition) is 4. The van der Waals surface area contributed by atoms with Crippen molar-refractivity contribution in [3.05, 3.63) is 0 Å². The number of hydrogen-bond donors (Lipinski definition) is 0. The van der Waals surface area contributed by atoms with Crippen LogP contribution >= 0.6 is 7.14 Å². The summed E-state index contributed by atoms with van der Waals surface area (Å²) in [7, 11) is -0.172. The van der Waals surface area contributed by atoms with E-state index in [4.69, 9.17) is 13.3 Å². The summed E-state index contributed by atoms with van der Waals surface area (Å²) in [6.45, 7) is 3.87. The van der Waals surface area contributed by atoms with Crippen molar-refractivity contribution in [1.29, 1.82) is 0 Å². The Labute approximate surface area is 87.7 Å². The van der Waals surface area contributed by atoms with Crippen molar-refractivity contribution in [3.8, 4) is 0 Å². The highest BCUT2D eigenvalue weighted by Gasteiger charge is 2.43. The van der Waals surface area contributed by atoms with Crippen LogP contribution in [0.15, 0.2) is 0 Å². The van der Waals surface area contributed by atoms with Crippen LogP contribution in [0.4, 0.5) is 0 Å². The lowest BCUT2D eigenvalue weighted by molar-refractivity contribution is 0.130. The van der Waals surface area contributed by atoms with Gasteiger partial charge in [0.25, 0.3) is 0 Å². The molecule has 0 atom stereocenters. The first kappa shape index (κ1) is 14.3. The van der Waals surface area contributed by atoms with Crippen LogP contribution in [-0.4, -0.2) is 48.2 Å². The third-order valence-corrected chi connectivity index (χ3v) is 10.6. The zero-order valence-electron chi connectivity index (χ0n) is 9.70. The topological polar surface area (TPSA) is 44.8 Å². The van der Waals surface area contributed by atoms with Crippen molar-refractivity contribution in [1.82, 2.24) is 0 Å². The molecule has 0 bridgehead atoms. The maximum atomic E-state index is 12.2. The lowest BCUT2D eigenvalue weighted by atomic mass is 11.0. The first-order valence-electron chi connectivity index (χ1n) is 4.74. The van der Waals surface area contributed by atoms with Crippen LogP contribution in [0, 0.1) is 0 Å². The second-order valence-electron chi connectivity index (χ2n) is 3.14. The Hall–Kier alpha value is 0.327. The third-order valence-electron chi connectivity index (χ3n) is 2.57. The third kappa shape index (κ3) is 3.48. The van der Waals surface area contributed by atoms with E-state index in [0.29, 0.717) is 18.1 Å². The fraction of sp³-hybridized carbons (Fsp3) is 1.00. The Balaban J connectivity index is 4.65. The Morgan fingerprint density at radius 2 is 1.36 bits per heavy atom. The van der Waals surface area contributed by atoms with Gasteiger partial charge < -0.3 is 17.8 Å². The summed E-state index contributed by atoms with van der Waals surface area (Å²) in [5, 5.41) is 0. The van der Waals surface area contributed by atoms with E-state index in [-0.39, 0.29) is 0 Å². The van der Waals surface area contributed by atoms with Crippen LogP contribution in [0.1, 0.15) is 13.8 Å². The highest BCUT2D eigenvalue weighted by Crippen LogP contribution is 2.46. The molecule has 0 saturated carbocycles. The summed E-state index contributed by atoms with van der Waals surface area (Å²) in [5.41, 5.74) is 0. The van der Waals surface area contributed by atoms with Crippen molar-refractivity contribution in [2.24, 2.45) is 0 Å². The highest BCUT2D eigenvalue weighted by molar-refractivity contribution is 7.66. The van der Waals surface area contributed by atoms with Gasteiger partial charge in [0.05, 0.1) is 12.9 Å². The Morgan fingerprint density at radius 1 is 1.00 bits per heavy atom. The fourth-order valence-corrected chi connectivity index (χ4v) is 8.35. The van der Waals surface area contributed by atoms with Gasteiger partial charge in [0.15, 0.2) is 0 Å². The van der Waals surface area contributed by atoms with E-state index in [0.717, 1.165) is 0 Å². The van der Waals surface area contributed by atoms with Gasteiger partial charge in [-0.3, -0.25) is 0 Å². The minimum Gasteiger partial charge on any atom is -0.377 e. The van der Waals surface area contributed by atoms with Gasteiger partial charge in [-0.25, -0.2) is 0 Å². The van der Waals surface area contributed by atoms with E-state index in [1.165, 1.54) is 0 Å². The van der Waals surface area contributed by atoms with Gasteiger partial charge in [-0.15, -0.1) is 0 Å². The molecule has 0 spiro atoms.